The second kappa shape index (κ2) is 3.87. The SMILES string of the molecule is CCNCc1coc(C(=O)O)n1. The highest BCUT2D eigenvalue weighted by Crippen LogP contribution is 2.00. The van der Waals surface area contributed by atoms with Gasteiger partial charge in [0.25, 0.3) is 0 Å². The Hall–Kier alpha value is -1.36. The molecule has 0 aromatic carbocycles. The van der Waals surface area contributed by atoms with Crippen LogP contribution in [0.3, 0.4) is 0 Å². The Morgan fingerprint density at radius 1 is 1.83 bits per heavy atom. The van der Waals surface area contributed by atoms with E-state index in [1.807, 2.05) is 6.92 Å². The highest BCUT2D eigenvalue weighted by atomic mass is 16.4. The van der Waals surface area contributed by atoms with Crippen LogP contribution in [0.2, 0.25) is 0 Å². The van der Waals surface area contributed by atoms with Gasteiger partial charge in [-0.05, 0) is 6.54 Å². The minimum atomic E-state index is -1.14. The van der Waals surface area contributed by atoms with Gasteiger partial charge < -0.3 is 14.8 Å². The van der Waals surface area contributed by atoms with Crippen molar-refractivity contribution in [3.8, 4) is 0 Å². The van der Waals surface area contributed by atoms with E-state index in [4.69, 9.17) is 5.11 Å². The van der Waals surface area contributed by atoms with Crippen LogP contribution in [0.4, 0.5) is 0 Å². The number of carboxylic acid groups (broad SMARTS) is 1. The molecule has 0 atom stereocenters. The number of nitrogens with zero attached hydrogens (tertiary/aromatic N) is 1. The van der Waals surface area contributed by atoms with Crippen LogP contribution in [0, 0.1) is 0 Å². The molecule has 0 spiro atoms. The number of carboxylic acids is 1. The normalized spacial score (nSPS) is 10.1. The van der Waals surface area contributed by atoms with Gasteiger partial charge in [0.05, 0.1) is 5.69 Å². The van der Waals surface area contributed by atoms with Gasteiger partial charge in [0.15, 0.2) is 0 Å². The summed E-state index contributed by atoms with van der Waals surface area (Å²) in [5, 5.41) is 11.4. The molecule has 2 N–H and O–H groups in total. The monoisotopic (exact) mass is 170 g/mol. The van der Waals surface area contributed by atoms with E-state index in [1.165, 1.54) is 6.26 Å². The Morgan fingerprint density at radius 2 is 2.58 bits per heavy atom. The van der Waals surface area contributed by atoms with Crippen molar-refractivity contribution >= 4 is 5.97 Å². The van der Waals surface area contributed by atoms with Crippen LogP contribution in [0.5, 0.6) is 0 Å². The first-order chi connectivity index (χ1) is 5.74. The molecule has 1 aromatic heterocycles. The maximum absolute atomic E-state index is 10.3. The minimum Gasteiger partial charge on any atom is -0.474 e. The molecular weight excluding hydrogens is 160 g/mol. The number of carbonyl (C=O) groups is 1. The zero-order valence-corrected chi connectivity index (χ0v) is 6.70. The molecule has 0 aliphatic carbocycles. The fourth-order valence-corrected chi connectivity index (χ4v) is 0.739. The third-order valence-corrected chi connectivity index (χ3v) is 1.29. The minimum absolute atomic E-state index is 0.261. The summed E-state index contributed by atoms with van der Waals surface area (Å²) in [5.74, 6) is -1.40. The van der Waals surface area contributed by atoms with Crippen LogP contribution in [-0.2, 0) is 6.54 Å². The molecule has 0 unspecified atom stereocenters. The van der Waals surface area contributed by atoms with Crippen molar-refractivity contribution < 1.29 is 14.3 Å². The Labute approximate surface area is 69.4 Å². The van der Waals surface area contributed by atoms with Gasteiger partial charge in [-0.2, -0.15) is 0 Å². The standard InChI is InChI=1S/C7H10N2O3/c1-2-8-3-5-4-12-6(9-5)7(10)11/h4,8H,2-3H2,1H3,(H,10,11). The molecule has 1 aromatic rings. The van der Waals surface area contributed by atoms with Gasteiger partial charge in [0, 0.05) is 6.54 Å². The highest BCUT2D eigenvalue weighted by molar-refractivity contribution is 5.82. The first-order valence-electron chi connectivity index (χ1n) is 3.62. The zero-order valence-electron chi connectivity index (χ0n) is 6.70. The maximum Gasteiger partial charge on any atom is 0.392 e. The number of rotatable bonds is 4. The number of nitrogens with one attached hydrogen (secondary N) is 1. The van der Waals surface area contributed by atoms with Crippen molar-refractivity contribution in [2.45, 2.75) is 13.5 Å². The predicted molar refractivity (Wildman–Crippen MR) is 40.8 cm³/mol. The second-order valence-electron chi connectivity index (χ2n) is 2.23. The first kappa shape index (κ1) is 8.73. The van der Waals surface area contributed by atoms with Gasteiger partial charge in [0.2, 0.25) is 0 Å². The van der Waals surface area contributed by atoms with Crippen molar-refractivity contribution in [3.63, 3.8) is 0 Å². The molecule has 1 rings (SSSR count). The summed E-state index contributed by atoms with van der Waals surface area (Å²) in [4.78, 5) is 14.0. The molecule has 0 aliphatic rings. The summed E-state index contributed by atoms with van der Waals surface area (Å²) in [6, 6.07) is 0. The number of hydrogen-bond acceptors (Lipinski definition) is 4. The average molecular weight is 170 g/mol. The molecule has 66 valence electrons. The van der Waals surface area contributed by atoms with E-state index >= 15 is 0 Å². The van der Waals surface area contributed by atoms with Crippen molar-refractivity contribution in [3.05, 3.63) is 17.8 Å². The molecule has 0 radical (unpaired) electrons. The molecule has 0 fully saturated rings. The van der Waals surface area contributed by atoms with E-state index in [2.05, 4.69) is 14.7 Å². The number of aromatic nitrogens is 1. The largest absolute Gasteiger partial charge is 0.474 e. The summed E-state index contributed by atoms with van der Waals surface area (Å²) in [6.07, 6.45) is 1.34. The van der Waals surface area contributed by atoms with Gasteiger partial charge >= 0.3 is 11.9 Å². The third-order valence-electron chi connectivity index (χ3n) is 1.29. The second-order valence-corrected chi connectivity index (χ2v) is 2.23. The van der Waals surface area contributed by atoms with E-state index in [9.17, 15) is 4.79 Å². The van der Waals surface area contributed by atoms with Crippen LogP contribution in [0.1, 0.15) is 23.3 Å². The van der Waals surface area contributed by atoms with Crippen LogP contribution < -0.4 is 5.32 Å². The van der Waals surface area contributed by atoms with E-state index in [0.717, 1.165) is 6.54 Å². The van der Waals surface area contributed by atoms with E-state index < -0.39 is 5.97 Å². The van der Waals surface area contributed by atoms with E-state index in [1.54, 1.807) is 0 Å². The van der Waals surface area contributed by atoms with Crippen molar-refractivity contribution in [1.29, 1.82) is 0 Å². The summed E-state index contributed by atoms with van der Waals surface area (Å²) in [5.41, 5.74) is 0.606. The van der Waals surface area contributed by atoms with Gasteiger partial charge in [-0.1, -0.05) is 6.92 Å². The first-order valence-corrected chi connectivity index (χ1v) is 3.62. The molecule has 1 heterocycles. The van der Waals surface area contributed by atoms with E-state index in [0.29, 0.717) is 12.2 Å². The van der Waals surface area contributed by atoms with Gasteiger partial charge in [-0.3, -0.25) is 0 Å². The number of oxazole rings is 1. The topological polar surface area (TPSA) is 75.4 Å². The molecule has 0 saturated carbocycles. The van der Waals surface area contributed by atoms with Crippen LogP contribution >= 0.6 is 0 Å². The molecule has 12 heavy (non-hydrogen) atoms. The molecule has 0 aliphatic heterocycles. The summed E-state index contributed by atoms with van der Waals surface area (Å²) in [7, 11) is 0. The molecule has 0 amide bonds. The van der Waals surface area contributed by atoms with Crippen LogP contribution in [0.25, 0.3) is 0 Å². The lowest BCUT2D eigenvalue weighted by Gasteiger charge is -1.93. The highest BCUT2D eigenvalue weighted by Gasteiger charge is 2.09. The van der Waals surface area contributed by atoms with Crippen LogP contribution in [0.15, 0.2) is 10.7 Å². The fraction of sp³-hybridized carbons (Fsp3) is 0.429. The lowest BCUT2D eigenvalue weighted by Crippen LogP contribution is -2.12. The quantitative estimate of drug-likeness (QED) is 0.687. The molecule has 5 heteroatoms. The fourth-order valence-electron chi connectivity index (χ4n) is 0.739. The lowest BCUT2D eigenvalue weighted by molar-refractivity contribution is 0.0653. The van der Waals surface area contributed by atoms with Crippen LogP contribution in [-0.4, -0.2) is 22.6 Å². The molecule has 0 bridgehead atoms. The van der Waals surface area contributed by atoms with Gasteiger partial charge in [0.1, 0.15) is 6.26 Å². The number of hydrogen-bond donors (Lipinski definition) is 2. The zero-order chi connectivity index (χ0) is 8.97. The molecule has 5 nitrogen and oxygen atoms in total. The predicted octanol–water partition coefficient (Wildman–Crippen LogP) is 0.482. The Morgan fingerprint density at radius 3 is 3.08 bits per heavy atom. The van der Waals surface area contributed by atoms with Crippen molar-refractivity contribution in [1.82, 2.24) is 10.3 Å². The van der Waals surface area contributed by atoms with Crippen molar-refractivity contribution in [2.75, 3.05) is 6.54 Å². The lowest BCUT2D eigenvalue weighted by atomic mass is 10.5. The Bertz CT molecular complexity index is 269. The summed E-state index contributed by atoms with van der Waals surface area (Å²) < 4.78 is 4.67. The maximum atomic E-state index is 10.3. The third kappa shape index (κ3) is 2.06. The Balaban J connectivity index is 2.58. The van der Waals surface area contributed by atoms with E-state index in [-0.39, 0.29) is 5.89 Å². The molecule has 0 saturated heterocycles. The summed E-state index contributed by atoms with van der Waals surface area (Å²) in [6.45, 7) is 3.31. The average Bonchev–Trinajstić information content (AvgIpc) is 2.48. The van der Waals surface area contributed by atoms with Crippen molar-refractivity contribution in [2.24, 2.45) is 0 Å². The smallest absolute Gasteiger partial charge is 0.392 e. The van der Waals surface area contributed by atoms with Gasteiger partial charge in [-0.25, -0.2) is 9.78 Å². The number of aromatic carboxylic acids is 1. The molecular formula is C7H10N2O3. The summed E-state index contributed by atoms with van der Waals surface area (Å²) >= 11 is 0. The van der Waals surface area contributed by atoms with Gasteiger partial charge in [-0.15, -0.1) is 0 Å². The Kier molecular flexibility index (Phi) is 2.82.